The lowest BCUT2D eigenvalue weighted by Crippen LogP contribution is -2.30. The van der Waals surface area contributed by atoms with Crippen LogP contribution in [0.3, 0.4) is 0 Å². The normalized spacial score (nSPS) is 12.2. The molecule has 0 bridgehead atoms. The van der Waals surface area contributed by atoms with Crippen LogP contribution in [-0.4, -0.2) is 37.2 Å². The highest BCUT2D eigenvalue weighted by molar-refractivity contribution is 5.71. The quantitative estimate of drug-likeness (QED) is 0.0266. The van der Waals surface area contributed by atoms with E-state index in [0.29, 0.717) is 19.3 Å². The Bertz CT molecular complexity index is 966. The summed E-state index contributed by atoms with van der Waals surface area (Å²) in [4.78, 5) is 37.6. The number of rotatable bonds is 42. The van der Waals surface area contributed by atoms with E-state index in [1.807, 2.05) is 6.08 Å². The first-order valence-corrected chi connectivity index (χ1v) is 23.1. The van der Waals surface area contributed by atoms with Gasteiger partial charge in [0.1, 0.15) is 13.2 Å². The van der Waals surface area contributed by atoms with E-state index < -0.39 is 6.10 Å². The summed E-state index contributed by atoms with van der Waals surface area (Å²) in [6, 6.07) is 0. The first kappa shape index (κ1) is 52.4. The van der Waals surface area contributed by atoms with Crippen LogP contribution in [-0.2, 0) is 28.6 Å². The summed E-state index contributed by atoms with van der Waals surface area (Å²) in [5.74, 6) is -0.935. The number of carbonyl (C=O) groups excluding carboxylic acids is 3. The molecule has 0 radical (unpaired) electrons. The zero-order valence-corrected chi connectivity index (χ0v) is 36.0. The summed E-state index contributed by atoms with van der Waals surface area (Å²) >= 11 is 0. The molecule has 0 saturated heterocycles. The summed E-state index contributed by atoms with van der Waals surface area (Å²) in [5.41, 5.74) is 0. The number of esters is 3. The fourth-order valence-electron chi connectivity index (χ4n) is 6.39. The topological polar surface area (TPSA) is 78.9 Å². The predicted molar refractivity (Wildman–Crippen MR) is 233 cm³/mol. The SMILES string of the molecule is C=CCCCCCCCC(=O)OCC(COC(=O)CCCCCCCC=CCCCCCCCC)OC(=O)CCCCCCCC=CCC=CCCCCC. The van der Waals surface area contributed by atoms with Gasteiger partial charge in [-0.15, -0.1) is 6.58 Å². The number of hydrogen-bond acceptors (Lipinski definition) is 6. The molecule has 0 fully saturated rings. The molecule has 0 aliphatic rings. The smallest absolute Gasteiger partial charge is 0.306 e. The number of hydrogen-bond donors (Lipinski definition) is 0. The molecule has 0 rings (SSSR count). The minimum absolute atomic E-state index is 0.0889. The third-order valence-electron chi connectivity index (χ3n) is 9.92. The van der Waals surface area contributed by atoms with Gasteiger partial charge < -0.3 is 14.2 Å². The zero-order valence-electron chi connectivity index (χ0n) is 36.0. The summed E-state index contributed by atoms with van der Waals surface area (Å²) in [7, 11) is 0. The Morgan fingerprint density at radius 2 is 0.745 bits per heavy atom. The van der Waals surface area contributed by atoms with E-state index in [-0.39, 0.29) is 31.1 Å². The molecule has 6 nitrogen and oxygen atoms in total. The Labute approximate surface area is 339 Å². The summed E-state index contributed by atoms with van der Waals surface area (Å²) < 4.78 is 16.6. The molecular weight excluding hydrogens is 685 g/mol. The molecule has 55 heavy (non-hydrogen) atoms. The molecule has 0 aliphatic heterocycles. The van der Waals surface area contributed by atoms with Gasteiger partial charge in [-0.25, -0.2) is 0 Å². The predicted octanol–water partition coefficient (Wildman–Crippen LogP) is 14.8. The second-order valence-corrected chi connectivity index (χ2v) is 15.4. The molecule has 0 aromatic rings. The fraction of sp³-hybridized carbons (Fsp3) is 0.776. The van der Waals surface area contributed by atoms with Crippen molar-refractivity contribution in [1.29, 1.82) is 0 Å². The average molecular weight is 771 g/mol. The first-order chi connectivity index (χ1) is 27.0. The van der Waals surface area contributed by atoms with Crippen LogP contribution in [0.4, 0.5) is 0 Å². The van der Waals surface area contributed by atoms with Gasteiger partial charge in [0.2, 0.25) is 0 Å². The van der Waals surface area contributed by atoms with E-state index in [1.54, 1.807) is 0 Å². The Kier molecular flexibility index (Phi) is 42.0. The molecule has 0 N–H and O–H groups in total. The van der Waals surface area contributed by atoms with E-state index in [4.69, 9.17) is 14.2 Å². The largest absolute Gasteiger partial charge is 0.462 e. The molecule has 0 aliphatic carbocycles. The fourth-order valence-corrected chi connectivity index (χ4v) is 6.39. The Morgan fingerprint density at radius 1 is 0.418 bits per heavy atom. The third kappa shape index (κ3) is 42.4. The zero-order chi connectivity index (χ0) is 40.1. The van der Waals surface area contributed by atoms with Crippen LogP contribution >= 0.6 is 0 Å². The minimum atomic E-state index is -0.786. The van der Waals surface area contributed by atoms with Gasteiger partial charge in [-0.2, -0.15) is 0 Å². The van der Waals surface area contributed by atoms with E-state index in [9.17, 15) is 14.4 Å². The molecule has 318 valence electrons. The van der Waals surface area contributed by atoms with Gasteiger partial charge in [0, 0.05) is 19.3 Å². The van der Waals surface area contributed by atoms with Crippen molar-refractivity contribution in [1.82, 2.24) is 0 Å². The highest BCUT2D eigenvalue weighted by atomic mass is 16.6. The monoisotopic (exact) mass is 771 g/mol. The van der Waals surface area contributed by atoms with Gasteiger partial charge in [-0.3, -0.25) is 14.4 Å². The van der Waals surface area contributed by atoms with Gasteiger partial charge in [0.05, 0.1) is 0 Å². The molecule has 0 amide bonds. The molecule has 0 aromatic heterocycles. The molecule has 1 atom stereocenters. The molecule has 0 saturated carbocycles. The van der Waals surface area contributed by atoms with Crippen LogP contribution in [0, 0.1) is 0 Å². The van der Waals surface area contributed by atoms with Crippen molar-refractivity contribution in [2.75, 3.05) is 13.2 Å². The molecule has 0 spiro atoms. The molecule has 0 aromatic carbocycles. The summed E-state index contributed by atoms with van der Waals surface area (Å²) in [6.45, 7) is 8.07. The van der Waals surface area contributed by atoms with Gasteiger partial charge in [-0.1, -0.05) is 159 Å². The molecule has 0 heterocycles. The van der Waals surface area contributed by atoms with Gasteiger partial charge >= 0.3 is 17.9 Å². The second kappa shape index (κ2) is 44.1. The second-order valence-electron chi connectivity index (χ2n) is 15.4. The average Bonchev–Trinajstić information content (AvgIpc) is 3.18. The van der Waals surface area contributed by atoms with Crippen LogP contribution in [0.2, 0.25) is 0 Å². The van der Waals surface area contributed by atoms with E-state index in [0.717, 1.165) is 109 Å². The van der Waals surface area contributed by atoms with Crippen molar-refractivity contribution >= 4 is 17.9 Å². The Hall–Kier alpha value is -2.63. The highest BCUT2D eigenvalue weighted by Crippen LogP contribution is 2.13. The Morgan fingerprint density at radius 3 is 1.18 bits per heavy atom. The standard InChI is InChI=1S/C49H86O6/c1-4-7-10-13-16-18-20-22-24-26-28-30-33-36-39-42-48(51)54-45-46(44-53-47(50)41-38-35-32-15-12-9-6-3)55-49(52)43-40-37-34-31-29-27-25-23-21-19-17-14-11-8-5-2/h6,17,19,22-25,46H,3-5,7-16,18,20-21,26-45H2,1-2H3. The van der Waals surface area contributed by atoms with Gasteiger partial charge in [0.15, 0.2) is 6.10 Å². The lowest BCUT2D eigenvalue weighted by molar-refractivity contribution is -0.167. The van der Waals surface area contributed by atoms with Crippen LogP contribution < -0.4 is 0 Å². The first-order valence-electron chi connectivity index (χ1n) is 23.1. The number of unbranched alkanes of at least 4 members (excludes halogenated alkanes) is 24. The molecule has 1 unspecified atom stereocenters. The number of allylic oxidation sites excluding steroid dienone is 7. The highest BCUT2D eigenvalue weighted by Gasteiger charge is 2.19. The molecular formula is C49H86O6. The van der Waals surface area contributed by atoms with Gasteiger partial charge in [0.25, 0.3) is 0 Å². The summed E-state index contributed by atoms with van der Waals surface area (Å²) in [5, 5.41) is 0. The van der Waals surface area contributed by atoms with Crippen molar-refractivity contribution in [2.45, 2.75) is 232 Å². The van der Waals surface area contributed by atoms with Crippen molar-refractivity contribution in [3.63, 3.8) is 0 Å². The van der Waals surface area contributed by atoms with Gasteiger partial charge in [-0.05, 0) is 89.9 Å². The van der Waals surface area contributed by atoms with E-state index >= 15 is 0 Å². The van der Waals surface area contributed by atoms with Crippen LogP contribution in [0.5, 0.6) is 0 Å². The lowest BCUT2D eigenvalue weighted by atomic mass is 10.1. The Balaban J connectivity index is 4.33. The lowest BCUT2D eigenvalue weighted by Gasteiger charge is -2.18. The van der Waals surface area contributed by atoms with Crippen LogP contribution in [0.15, 0.2) is 49.1 Å². The van der Waals surface area contributed by atoms with Crippen LogP contribution in [0.1, 0.15) is 226 Å². The van der Waals surface area contributed by atoms with Crippen molar-refractivity contribution in [3.05, 3.63) is 49.1 Å². The number of ether oxygens (including phenoxy) is 3. The van der Waals surface area contributed by atoms with E-state index in [1.165, 1.54) is 83.5 Å². The maximum atomic E-state index is 12.7. The minimum Gasteiger partial charge on any atom is -0.462 e. The van der Waals surface area contributed by atoms with E-state index in [2.05, 4.69) is 56.9 Å². The van der Waals surface area contributed by atoms with Crippen molar-refractivity contribution in [2.24, 2.45) is 0 Å². The van der Waals surface area contributed by atoms with Crippen molar-refractivity contribution in [3.8, 4) is 0 Å². The maximum Gasteiger partial charge on any atom is 0.306 e. The molecule has 6 heteroatoms. The van der Waals surface area contributed by atoms with Crippen LogP contribution in [0.25, 0.3) is 0 Å². The summed E-state index contributed by atoms with van der Waals surface area (Å²) in [6.07, 6.45) is 50.0. The maximum absolute atomic E-state index is 12.7. The third-order valence-corrected chi connectivity index (χ3v) is 9.92. The van der Waals surface area contributed by atoms with Crippen molar-refractivity contribution < 1.29 is 28.6 Å². The number of carbonyl (C=O) groups is 3.